The first-order valence-electron chi connectivity index (χ1n) is 6.14. The molecule has 1 N–H and O–H groups in total. The lowest BCUT2D eigenvalue weighted by molar-refractivity contribution is -0.142. The van der Waals surface area contributed by atoms with Gasteiger partial charge in [-0.25, -0.2) is 0 Å². The van der Waals surface area contributed by atoms with Crippen LogP contribution in [0.5, 0.6) is 0 Å². The van der Waals surface area contributed by atoms with Crippen molar-refractivity contribution in [1.82, 2.24) is 10.2 Å². The Morgan fingerprint density at radius 2 is 2.15 bits per heavy atom. The van der Waals surface area contributed by atoms with Gasteiger partial charge in [0.05, 0.1) is 6.61 Å². The van der Waals surface area contributed by atoms with Gasteiger partial charge in [0.15, 0.2) is 4.34 Å². The van der Waals surface area contributed by atoms with Crippen LogP contribution in [0.2, 0.25) is 0 Å². The van der Waals surface area contributed by atoms with Crippen LogP contribution in [0.25, 0.3) is 0 Å². The number of hydrogen-bond donors (Lipinski definition) is 1. The Morgan fingerprint density at radius 1 is 1.40 bits per heavy atom. The molecule has 1 aromatic carbocycles. The first-order chi connectivity index (χ1) is 9.74. The molecule has 0 spiro atoms. The van der Waals surface area contributed by atoms with Gasteiger partial charge >= 0.3 is 5.97 Å². The van der Waals surface area contributed by atoms with E-state index in [1.807, 2.05) is 30.3 Å². The Hall–Kier alpha value is -1.60. The predicted molar refractivity (Wildman–Crippen MR) is 81.1 cm³/mol. The number of ether oxygens (including phenoxy) is 1. The summed E-state index contributed by atoms with van der Waals surface area (Å²) in [4.78, 5) is 12.1. The highest BCUT2D eigenvalue weighted by atomic mass is 32.2. The van der Waals surface area contributed by atoms with Gasteiger partial charge in [0, 0.05) is 7.05 Å². The molecule has 0 fully saturated rings. The summed E-state index contributed by atoms with van der Waals surface area (Å²) in [6, 6.07) is 9.55. The average Bonchev–Trinajstić information content (AvgIpc) is 2.93. The minimum atomic E-state index is -0.422. The van der Waals surface area contributed by atoms with E-state index in [9.17, 15) is 4.79 Å². The zero-order valence-electron chi connectivity index (χ0n) is 11.2. The Morgan fingerprint density at radius 3 is 2.75 bits per heavy atom. The SMILES string of the molecule is CCOC(=O)[C@@H](Sc1nnc(NC)s1)c1ccccc1. The molecule has 0 radical (unpaired) electrons. The van der Waals surface area contributed by atoms with Gasteiger partial charge in [-0.15, -0.1) is 10.2 Å². The molecule has 0 saturated heterocycles. The van der Waals surface area contributed by atoms with Crippen molar-refractivity contribution in [2.45, 2.75) is 16.5 Å². The molecule has 1 heterocycles. The number of benzene rings is 1. The lowest BCUT2D eigenvalue weighted by Gasteiger charge is -2.13. The van der Waals surface area contributed by atoms with Crippen LogP contribution in [0.3, 0.4) is 0 Å². The van der Waals surface area contributed by atoms with E-state index in [1.165, 1.54) is 23.1 Å². The van der Waals surface area contributed by atoms with Crippen molar-refractivity contribution in [3.8, 4) is 0 Å². The van der Waals surface area contributed by atoms with Gasteiger partial charge in [-0.2, -0.15) is 0 Å². The molecule has 7 heteroatoms. The molecule has 2 rings (SSSR count). The summed E-state index contributed by atoms with van der Waals surface area (Å²) in [5.41, 5.74) is 0.900. The van der Waals surface area contributed by atoms with Crippen molar-refractivity contribution < 1.29 is 9.53 Å². The maximum absolute atomic E-state index is 12.1. The maximum Gasteiger partial charge on any atom is 0.324 e. The third-order valence-corrected chi connectivity index (χ3v) is 4.70. The summed E-state index contributed by atoms with van der Waals surface area (Å²) in [5.74, 6) is -0.259. The first-order valence-corrected chi connectivity index (χ1v) is 7.83. The fourth-order valence-corrected chi connectivity index (χ4v) is 3.45. The second kappa shape index (κ2) is 7.25. The second-order valence-corrected chi connectivity index (χ2v) is 6.11. The van der Waals surface area contributed by atoms with Gasteiger partial charge in [0.2, 0.25) is 5.13 Å². The van der Waals surface area contributed by atoms with Crippen molar-refractivity contribution in [2.24, 2.45) is 0 Å². The number of esters is 1. The summed E-state index contributed by atoms with van der Waals surface area (Å²) in [7, 11) is 1.79. The molecule has 0 aliphatic carbocycles. The number of carbonyl (C=O) groups excluding carboxylic acids is 1. The summed E-state index contributed by atoms with van der Waals surface area (Å²) in [5, 5.41) is 11.3. The van der Waals surface area contributed by atoms with E-state index in [-0.39, 0.29) is 5.97 Å². The van der Waals surface area contributed by atoms with Gasteiger partial charge < -0.3 is 10.1 Å². The molecule has 5 nitrogen and oxygen atoms in total. The molecule has 0 aliphatic heterocycles. The van der Waals surface area contributed by atoms with Crippen LogP contribution in [0, 0.1) is 0 Å². The Kier molecular flexibility index (Phi) is 5.37. The van der Waals surface area contributed by atoms with Crippen molar-refractivity contribution in [1.29, 1.82) is 0 Å². The third-order valence-electron chi connectivity index (χ3n) is 2.44. The third kappa shape index (κ3) is 3.71. The molecule has 106 valence electrons. The standard InChI is InChI=1S/C13H15N3O2S2/c1-3-18-11(17)10(9-7-5-4-6-8-9)19-13-16-15-12(14-2)20-13/h4-8,10H,3H2,1-2H3,(H,14,15)/t10-/m0/s1. The van der Waals surface area contributed by atoms with Gasteiger partial charge in [-0.1, -0.05) is 53.4 Å². The van der Waals surface area contributed by atoms with Crippen molar-refractivity contribution in [3.05, 3.63) is 35.9 Å². The van der Waals surface area contributed by atoms with E-state index in [1.54, 1.807) is 14.0 Å². The molecule has 0 amide bonds. The molecule has 0 bridgehead atoms. The molecule has 0 unspecified atom stereocenters. The normalized spacial score (nSPS) is 11.9. The number of anilines is 1. The summed E-state index contributed by atoms with van der Waals surface area (Å²) in [6.45, 7) is 2.16. The lowest BCUT2D eigenvalue weighted by Crippen LogP contribution is -2.13. The highest BCUT2D eigenvalue weighted by molar-refractivity contribution is 8.01. The monoisotopic (exact) mass is 309 g/mol. The van der Waals surface area contributed by atoms with Crippen molar-refractivity contribution in [2.75, 3.05) is 19.0 Å². The minimum Gasteiger partial charge on any atom is -0.465 e. The number of aromatic nitrogens is 2. The summed E-state index contributed by atoms with van der Waals surface area (Å²) < 4.78 is 5.88. The van der Waals surface area contributed by atoms with Crippen molar-refractivity contribution in [3.63, 3.8) is 0 Å². The quantitative estimate of drug-likeness (QED) is 0.654. The van der Waals surface area contributed by atoms with E-state index < -0.39 is 5.25 Å². The molecular formula is C13H15N3O2S2. The van der Waals surface area contributed by atoms with Crippen LogP contribution in [0.1, 0.15) is 17.7 Å². The largest absolute Gasteiger partial charge is 0.465 e. The van der Waals surface area contributed by atoms with E-state index in [4.69, 9.17) is 4.74 Å². The molecule has 1 atom stereocenters. The minimum absolute atomic E-state index is 0.259. The predicted octanol–water partition coefficient (Wildman–Crippen LogP) is 2.98. The van der Waals surface area contributed by atoms with Gasteiger partial charge in [0.1, 0.15) is 5.25 Å². The van der Waals surface area contributed by atoms with Crippen LogP contribution in [-0.4, -0.2) is 29.8 Å². The van der Waals surface area contributed by atoms with E-state index in [0.717, 1.165) is 15.0 Å². The molecule has 0 aliphatic rings. The summed E-state index contributed by atoms with van der Waals surface area (Å²) >= 11 is 2.77. The molecule has 0 saturated carbocycles. The number of hydrogen-bond acceptors (Lipinski definition) is 7. The molecular weight excluding hydrogens is 294 g/mol. The average molecular weight is 309 g/mol. The zero-order valence-corrected chi connectivity index (χ0v) is 12.8. The van der Waals surface area contributed by atoms with Gasteiger partial charge in [-0.3, -0.25) is 4.79 Å². The number of carbonyl (C=O) groups is 1. The second-order valence-electron chi connectivity index (χ2n) is 3.78. The van der Waals surface area contributed by atoms with E-state index >= 15 is 0 Å². The fraction of sp³-hybridized carbons (Fsp3) is 0.308. The van der Waals surface area contributed by atoms with Gasteiger partial charge in [-0.05, 0) is 12.5 Å². The van der Waals surface area contributed by atoms with Crippen molar-refractivity contribution >= 4 is 34.2 Å². The van der Waals surface area contributed by atoms with Crippen LogP contribution in [0.4, 0.5) is 5.13 Å². The van der Waals surface area contributed by atoms with E-state index in [0.29, 0.717) is 6.61 Å². The zero-order chi connectivity index (χ0) is 14.4. The lowest BCUT2D eigenvalue weighted by atomic mass is 10.1. The van der Waals surface area contributed by atoms with Crippen LogP contribution in [-0.2, 0) is 9.53 Å². The van der Waals surface area contributed by atoms with E-state index in [2.05, 4.69) is 15.5 Å². The Bertz CT molecular complexity index is 560. The van der Waals surface area contributed by atoms with Crippen LogP contribution < -0.4 is 5.32 Å². The summed E-state index contributed by atoms with van der Waals surface area (Å²) in [6.07, 6.45) is 0. The number of thioether (sulfide) groups is 1. The Balaban J connectivity index is 2.20. The number of rotatable bonds is 6. The smallest absolute Gasteiger partial charge is 0.324 e. The molecule has 2 aromatic rings. The highest BCUT2D eigenvalue weighted by Gasteiger charge is 2.25. The van der Waals surface area contributed by atoms with Crippen LogP contribution in [0.15, 0.2) is 34.7 Å². The highest BCUT2D eigenvalue weighted by Crippen LogP contribution is 2.38. The number of nitrogens with one attached hydrogen (secondary N) is 1. The molecule has 1 aromatic heterocycles. The Labute approximate surface area is 125 Å². The topological polar surface area (TPSA) is 64.1 Å². The molecule has 20 heavy (non-hydrogen) atoms. The first kappa shape index (κ1) is 14.8. The number of nitrogens with zero attached hydrogens (tertiary/aromatic N) is 2. The van der Waals surface area contributed by atoms with Gasteiger partial charge in [0.25, 0.3) is 0 Å². The maximum atomic E-state index is 12.1. The van der Waals surface area contributed by atoms with Crippen LogP contribution >= 0.6 is 23.1 Å². The fourth-order valence-electron chi connectivity index (χ4n) is 1.56.